The van der Waals surface area contributed by atoms with Gasteiger partial charge in [-0.1, -0.05) is 25.0 Å². The average molecular weight is 162 g/mol. The lowest BCUT2D eigenvalue weighted by Crippen LogP contribution is -2.40. The van der Waals surface area contributed by atoms with E-state index in [1.54, 1.807) is 0 Å². The molecule has 0 heterocycles. The Balaban J connectivity index is 1.89. The largest absolute Gasteiger partial charge is 0.0848 e. The molecule has 3 aliphatic carbocycles. The summed E-state index contributed by atoms with van der Waals surface area (Å²) < 4.78 is 0. The van der Waals surface area contributed by atoms with Crippen LogP contribution in [0.5, 0.6) is 0 Å². The third kappa shape index (κ3) is 0.901. The Morgan fingerprint density at radius 3 is 1.58 bits per heavy atom. The first-order valence-corrected chi connectivity index (χ1v) is 5.63. The van der Waals surface area contributed by atoms with Gasteiger partial charge in [0.1, 0.15) is 0 Å². The van der Waals surface area contributed by atoms with Crippen molar-refractivity contribution in [3.63, 3.8) is 0 Å². The second-order valence-electron chi connectivity index (χ2n) is 4.90. The van der Waals surface area contributed by atoms with Crippen LogP contribution in [0.15, 0.2) is 12.2 Å². The van der Waals surface area contributed by atoms with E-state index in [1.807, 2.05) is 0 Å². The zero-order valence-corrected chi connectivity index (χ0v) is 7.71. The van der Waals surface area contributed by atoms with Gasteiger partial charge >= 0.3 is 0 Å². The molecule has 0 heteroatoms. The van der Waals surface area contributed by atoms with Crippen molar-refractivity contribution in [2.75, 3.05) is 0 Å². The van der Waals surface area contributed by atoms with E-state index in [2.05, 4.69) is 12.2 Å². The number of rotatable bonds is 0. The van der Waals surface area contributed by atoms with E-state index in [0.717, 1.165) is 23.7 Å². The van der Waals surface area contributed by atoms with Gasteiger partial charge in [-0.05, 0) is 49.4 Å². The summed E-state index contributed by atoms with van der Waals surface area (Å²) in [5.41, 5.74) is 0. The highest BCUT2D eigenvalue weighted by molar-refractivity contribution is 5.09. The van der Waals surface area contributed by atoms with Crippen molar-refractivity contribution < 1.29 is 0 Å². The van der Waals surface area contributed by atoms with Gasteiger partial charge in [0, 0.05) is 0 Å². The summed E-state index contributed by atoms with van der Waals surface area (Å²) >= 11 is 0. The minimum Gasteiger partial charge on any atom is -0.0848 e. The number of allylic oxidation sites excluding steroid dienone is 2. The summed E-state index contributed by atoms with van der Waals surface area (Å²) in [7, 11) is 0. The monoisotopic (exact) mass is 162 g/mol. The molecular formula is C12H18. The molecule has 3 rings (SSSR count). The Bertz CT molecular complexity index is 182. The zero-order chi connectivity index (χ0) is 7.97. The lowest BCUT2D eigenvalue weighted by Gasteiger charge is -2.49. The molecule has 0 radical (unpaired) electrons. The van der Waals surface area contributed by atoms with Gasteiger partial charge in [-0.3, -0.25) is 0 Å². The van der Waals surface area contributed by atoms with Gasteiger partial charge in [0.25, 0.3) is 0 Å². The standard InChI is InChI=1S/C12H18/c1-2-4-10-6-5-9(3-1)11-7-8-12(10)11/h5-6,9-12H,1-4,7-8H2. The molecule has 0 aliphatic heterocycles. The predicted molar refractivity (Wildman–Crippen MR) is 50.8 cm³/mol. The fraction of sp³-hybridized carbons (Fsp3) is 0.833. The van der Waals surface area contributed by atoms with Crippen molar-refractivity contribution in [2.45, 2.75) is 38.5 Å². The van der Waals surface area contributed by atoms with Crippen LogP contribution in [-0.2, 0) is 0 Å². The van der Waals surface area contributed by atoms with Crippen LogP contribution in [0.1, 0.15) is 38.5 Å². The molecule has 0 saturated heterocycles. The van der Waals surface area contributed by atoms with Gasteiger partial charge < -0.3 is 0 Å². The van der Waals surface area contributed by atoms with Crippen LogP contribution in [0.2, 0.25) is 0 Å². The van der Waals surface area contributed by atoms with Gasteiger partial charge in [-0.15, -0.1) is 0 Å². The van der Waals surface area contributed by atoms with E-state index < -0.39 is 0 Å². The van der Waals surface area contributed by atoms with E-state index in [-0.39, 0.29) is 0 Å². The van der Waals surface area contributed by atoms with Gasteiger partial charge in [0.05, 0.1) is 0 Å². The minimum absolute atomic E-state index is 0.986. The maximum Gasteiger partial charge on any atom is -0.0202 e. The zero-order valence-electron chi connectivity index (χ0n) is 7.71. The summed E-state index contributed by atoms with van der Waals surface area (Å²) in [4.78, 5) is 0. The second kappa shape index (κ2) is 2.61. The highest BCUT2D eigenvalue weighted by Crippen LogP contribution is 2.52. The molecule has 3 aliphatic rings. The number of hydrogen-bond acceptors (Lipinski definition) is 0. The Hall–Kier alpha value is -0.260. The summed E-state index contributed by atoms with van der Waals surface area (Å²) in [5, 5.41) is 0. The molecular weight excluding hydrogens is 144 g/mol. The number of hydrogen-bond donors (Lipinski definition) is 0. The Labute approximate surface area is 75.0 Å². The summed E-state index contributed by atoms with van der Waals surface area (Å²) in [5.74, 6) is 4.20. The third-order valence-corrected chi connectivity index (χ3v) is 4.41. The maximum atomic E-state index is 2.55. The molecule has 4 atom stereocenters. The van der Waals surface area contributed by atoms with Crippen molar-refractivity contribution in [2.24, 2.45) is 23.7 Å². The van der Waals surface area contributed by atoms with Crippen LogP contribution in [-0.4, -0.2) is 0 Å². The highest BCUT2D eigenvalue weighted by Gasteiger charge is 2.42. The quantitative estimate of drug-likeness (QED) is 0.479. The summed E-state index contributed by atoms with van der Waals surface area (Å²) in [6.45, 7) is 0. The molecule has 0 nitrogen and oxygen atoms in total. The van der Waals surface area contributed by atoms with Gasteiger partial charge in [0.15, 0.2) is 0 Å². The second-order valence-corrected chi connectivity index (χ2v) is 4.90. The molecule has 1 fully saturated rings. The number of fused-ring (bicyclic) bond motifs is 5. The van der Waals surface area contributed by atoms with E-state index in [1.165, 1.54) is 38.5 Å². The molecule has 0 aromatic heterocycles. The molecule has 2 bridgehead atoms. The van der Waals surface area contributed by atoms with Crippen LogP contribution < -0.4 is 0 Å². The first-order chi connectivity index (χ1) is 5.95. The normalized spacial score (nSPS) is 50.7. The molecule has 0 N–H and O–H groups in total. The van der Waals surface area contributed by atoms with E-state index >= 15 is 0 Å². The molecule has 66 valence electrons. The Morgan fingerprint density at radius 1 is 0.667 bits per heavy atom. The predicted octanol–water partition coefficient (Wildman–Crippen LogP) is 3.39. The van der Waals surface area contributed by atoms with E-state index in [0.29, 0.717) is 0 Å². The first-order valence-electron chi connectivity index (χ1n) is 5.63. The van der Waals surface area contributed by atoms with Crippen LogP contribution in [0, 0.1) is 23.7 Å². The maximum absolute atomic E-state index is 2.55. The molecule has 0 aromatic rings. The van der Waals surface area contributed by atoms with E-state index in [9.17, 15) is 0 Å². The van der Waals surface area contributed by atoms with Crippen LogP contribution >= 0.6 is 0 Å². The van der Waals surface area contributed by atoms with Crippen LogP contribution in [0.25, 0.3) is 0 Å². The van der Waals surface area contributed by atoms with Crippen molar-refractivity contribution in [1.29, 1.82) is 0 Å². The molecule has 1 saturated carbocycles. The molecule has 0 aromatic carbocycles. The molecule has 0 spiro atoms. The van der Waals surface area contributed by atoms with Crippen LogP contribution in [0.3, 0.4) is 0 Å². The van der Waals surface area contributed by atoms with Crippen LogP contribution in [0.4, 0.5) is 0 Å². The smallest absolute Gasteiger partial charge is 0.0202 e. The first kappa shape index (κ1) is 7.17. The lowest BCUT2D eigenvalue weighted by molar-refractivity contribution is 0.0545. The van der Waals surface area contributed by atoms with Gasteiger partial charge in [-0.2, -0.15) is 0 Å². The van der Waals surface area contributed by atoms with Gasteiger partial charge in [-0.25, -0.2) is 0 Å². The summed E-state index contributed by atoms with van der Waals surface area (Å²) in [6.07, 6.45) is 14.1. The molecule has 0 amide bonds. The average Bonchev–Trinajstić information content (AvgIpc) is 1.96. The Kier molecular flexibility index (Phi) is 1.56. The van der Waals surface area contributed by atoms with Crippen molar-refractivity contribution in [3.8, 4) is 0 Å². The van der Waals surface area contributed by atoms with E-state index in [4.69, 9.17) is 0 Å². The third-order valence-electron chi connectivity index (χ3n) is 4.41. The van der Waals surface area contributed by atoms with Crippen molar-refractivity contribution >= 4 is 0 Å². The van der Waals surface area contributed by atoms with Crippen molar-refractivity contribution in [3.05, 3.63) is 12.2 Å². The topological polar surface area (TPSA) is 0 Å². The fourth-order valence-corrected chi connectivity index (χ4v) is 3.57. The Morgan fingerprint density at radius 2 is 1.17 bits per heavy atom. The molecule has 12 heavy (non-hydrogen) atoms. The van der Waals surface area contributed by atoms with Crippen molar-refractivity contribution in [1.82, 2.24) is 0 Å². The SMILES string of the molecule is C1=CC2CCCCC1C1CCC21. The minimum atomic E-state index is 0.986. The van der Waals surface area contributed by atoms with Gasteiger partial charge in [0.2, 0.25) is 0 Å². The molecule has 4 unspecified atom stereocenters. The summed E-state index contributed by atoms with van der Waals surface area (Å²) in [6, 6.07) is 0. The highest BCUT2D eigenvalue weighted by atomic mass is 14.5. The fourth-order valence-electron chi connectivity index (χ4n) is 3.57. The lowest BCUT2D eigenvalue weighted by atomic mass is 9.56.